The molecule has 0 atom stereocenters. The van der Waals surface area contributed by atoms with Gasteiger partial charge in [-0.3, -0.25) is 0 Å². The highest BCUT2D eigenvalue weighted by atomic mass is 15.2. The van der Waals surface area contributed by atoms with E-state index in [1.165, 1.54) is 203 Å². The first-order valence-electron chi connectivity index (χ1n) is 33.6. The largest absolute Gasteiger partial charge is 0.311 e. The molecular formula is C86H80BN3. The van der Waals surface area contributed by atoms with Crippen LogP contribution < -0.4 is 26.2 Å². The van der Waals surface area contributed by atoms with Crippen LogP contribution >= 0.6 is 0 Å². The number of benzene rings is 11. The summed E-state index contributed by atoms with van der Waals surface area (Å²) >= 11 is 0. The van der Waals surface area contributed by atoms with E-state index in [9.17, 15) is 0 Å². The number of rotatable bonds is 9. The average Bonchev–Trinajstić information content (AvgIpc) is 0.752. The van der Waals surface area contributed by atoms with Crippen molar-refractivity contribution in [2.24, 2.45) is 0 Å². The van der Waals surface area contributed by atoms with Crippen LogP contribution in [-0.2, 0) is 10.8 Å². The van der Waals surface area contributed by atoms with E-state index >= 15 is 0 Å². The van der Waals surface area contributed by atoms with Gasteiger partial charge in [-0.2, -0.15) is 0 Å². The molecule has 0 amide bonds. The second-order valence-electron chi connectivity index (χ2n) is 28.5. The Hall–Kier alpha value is -9.12. The topological polar surface area (TPSA) is 11.4 Å². The minimum atomic E-state index is -0.185. The number of anilines is 6. The molecule has 4 aliphatic rings. The van der Waals surface area contributed by atoms with Crippen LogP contribution in [0.1, 0.15) is 140 Å². The van der Waals surface area contributed by atoms with Gasteiger partial charge in [-0.25, -0.2) is 0 Å². The van der Waals surface area contributed by atoms with Crippen LogP contribution in [0, 0.1) is 0 Å². The lowest BCUT2D eigenvalue weighted by Crippen LogP contribution is -2.61. The van der Waals surface area contributed by atoms with E-state index in [1.807, 2.05) is 0 Å². The summed E-state index contributed by atoms with van der Waals surface area (Å²) < 4.78 is 2.61. The number of nitrogens with zero attached hydrogens (tertiary/aromatic N) is 3. The predicted octanol–water partition coefficient (Wildman–Crippen LogP) is 22.2. The Balaban J connectivity index is 1.06. The highest BCUT2D eigenvalue weighted by Gasteiger charge is 2.46. The van der Waals surface area contributed by atoms with E-state index in [4.69, 9.17) is 0 Å². The lowest BCUT2D eigenvalue weighted by atomic mass is 9.33. The molecule has 2 fully saturated rings. The van der Waals surface area contributed by atoms with Crippen molar-refractivity contribution in [2.75, 3.05) is 9.80 Å². The molecule has 12 aromatic rings. The van der Waals surface area contributed by atoms with Crippen LogP contribution in [0.15, 0.2) is 243 Å². The third kappa shape index (κ3) is 9.81. The molecular weight excluding hydrogens is 1090 g/mol. The van der Waals surface area contributed by atoms with E-state index in [0.717, 1.165) is 5.69 Å². The molecule has 16 rings (SSSR count). The van der Waals surface area contributed by atoms with Gasteiger partial charge in [0.25, 0.3) is 6.71 Å². The molecule has 0 bridgehead atoms. The Labute approximate surface area is 533 Å². The molecule has 0 N–H and O–H groups in total. The van der Waals surface area contributed by atoms with Gasteiger partial charge < -0.3 is 14.4 Å². The Kier molecular flexibility index (Phi) is 14.0. The van der Waals surface area contributed by atoms with E-state index < -0.39 is 0 Å². The first-order chi connectivity index (χ1) is 43.9. The minimum Gasteiger partial charge on any atom is -0.311 e. The van der Waals surface area contributed by atoms with Crippen molar-refractivity contribution in [3.05, 3.63) is 265 Å². The number of aromatic nitrogens is 1. The first kappa shape index (κ1) is 56.1. The normalized spacial score (nSPS) is 15.3. The highest BCUT2D eigenvalue weighted by molar-refractivity contribution is 7.00. The van der Waals surface area contributed by atoms with Crippen molar-refractivity contribution >= 4 is 79.0 Å². The maximum atomic E-state index is 2.72. The monoisotopic (exact) mass is 1170 g/mol. The van der Waals surface area contributed by atoms with Crippen LogP contribution in [0.4, 0.5) is 34.1 Å². The van der Waals surface area contributed by atoms with Gasteiger partial charge in [0.2, 0.25) is 0 Å². The van der Waals surface area contributed by atoms with Gasteiger partial charge >= 0.3 is 0 Å². The molecule has 0 radical (unpaired) electrons. The molecule has 3 nitrogen and oxygen atoms in total. The molecule has 0 spiro atoms. The average molecular weight is 1170 g/mol. The van der Waals surface area contributed by atoms with Crippen LogP contribution in [0.3, 0.4) is 0 Å². The molecule has 2 saturated carbocycles. The molecule has 4 heteroatoms. The lowest BCUT2D eigenvalue weighted by molar-refractivity contribution is 0.443. The zero-order valence-corrected chi connectivity index (χ0v) is 53.2. The van der Waals surface area contributed by atoms with Gasteiger partial charge in [-0.05, 0) is 204 Å². The molecule has 2 aliphatic heterocycles. The Morgan fingerprint density at radius 2 is 0.711 bits per heavy atom. The summed E-state index contributed by atoms with van der Waals surface area (Å²) in [5, 5.41) is 2.48. The summed E-state index contributed by atoms with van der Waals surface area (Å²) in [5.41, 5.74) is 30.1. The standard InChI is InChI=1S/C86H80BN3/c1-85(2,3)74-55-80-76(53-70(74)61-35-21-11-22-36-61)87-77-54-71(62-37-23-12-24-38-62)75(86(4,5)6)56-81(77)89(68-42-26-40-64(48-68)58-29-15-8-16-30-58)83-52-69(51-82(84(83)87)88(80)67-41-25-39-63(47-67)57-27-13-7-14-28-57)90-78-45-43-65(59-31-17-9-18-32-59)49-72(78)73-50-66(44-46-79(73)90)60-33-19-10-20-34-60/h9-12,17-26,31-58H,7-8,13-16,27-30H2,1-6H3. The van der Waals surface area contributed by atoms with Gasteiger partial charge in [-0.15, -0.1) is 0 Å². The van der Waals surface area contributed by atoms with Crippen LogP contribution in [0.25, 0.3) is 72.0 Å². The maximum absolute atomic E-state index is 2.72. The summed E-state index contributed by atoms with van der Waals surface area (Å²) in [6, 6.07) is 94.0. The second-order valence-corrected chi connectivity index (χ2v) is 28.5. The van der Waals surface area contributed by atoms with E-state index in [2.05, 4.69) is 299 Å². The zero-order valence-electron chi connectivity index (χ0n) is 53.2. The van der Waals surface area contributed by atoms with Crippen molar-refractivity contribution in [1.82, 2.24) is 4.57 Å². The molecule has 442 valence electrons. The Morgan fingerprint density at radius 3 is 1.10 bits per heavy atom. The number of hydrogen-bond donors (Lipinski definition) is 0. The van der Waals surface area contributed by atoms with E-state index in [-0.39, 0.29) is 17.5 Å². The minimum absolute atomic E-state index is 0.127. The van der Waals surface area contributed by atoms with Crippen molar-refractivity contribution in [1.29, 1.82) is 0 Å². The molecule has 2 aliphatic carbocycles. The zero-order chi connectivity index (χ0) is 60.8. The maximum Gasteiger partial charge on any atom is 0.252 e. The third-order valence-electron chi connectivity index (χ3n) is 20.8. The van der Waals surface area contributed by atoms with Gasteiger partial charge in [-0.1, -0.05) is 250 Å². The second kappa shape index (κ2) is 22.4. The number of hydrogen-bond acceptors (Lipinski definition) is 2. The summed E-state index contributed by atoms with van der Waals surface area (Å²) in [5.74, 6) is 1.07. The smallest absolute Gasteiger partial charge is 0.252 e. The van der Waals surface area contributed by atoms with Crippen molar-refractivity contribution in [3.63, 3.8) is 0 Å². The molecule has 1 aromatic heterocycles. The highest BCUT2D eigenvalue weighted by Crippen LogP contribution is 2.51. The van der Waals surface area contributed by atoms with Crippen molar-refractivity contribution < 1.29 is 0 Å². The molecule has 90 heavy (non-hydrogen) atoms. The van der Waals surface area contributed by atoms with E-state index in [0.29, 0.717) is 11.8 Å². The van der Waals surface area contributed by atoms with Gasteiger partial charge in [0.05, 0.1) is 16.7 Å². The lowest BCUT2D eigenvalue weighted by Gasteiger charge is -2.46. The predicted molar refractivity (Wildman–Crippen MR) is 386 cm³/mol. The van der Waals surface area contributed by atoms with Gasteiger partial charge in [0.15, 0.2) is 0 Å². The summed E-state index contributed by atoms with van der Waals surface area (Å²) in [6.07, 6.45) is 12.7. The van der Waals surface area contributed by atoms with Gasteiger partial charge in [0.1, 0.15) is 0 Å². The van der Waals surface area contributed by atoms with Crippen molar-refractivity contribution in [2.45, 2.75) is 128 Å². The summed E-state index contributed by atoms with van der Waals surface area (Å²) in [6.45, 7) is 14.3. The number of fused-ring (bicyclic) bond motifs is 7. The fourth-order valence-electron chi connectivity index (χ4n) is 16.3. The Morgan fingerprint density at radius 1 is 0.322 bits per heavy atom. The molecule has 0 unspecified atom stereocenters. The van der Waals surface area contributed by atoms with Gasteiger partial charge in [0, 0.05) is 44.9 Å². The molecule has 11 aromatic carbocycles. The quantitative estimate of drug-likeness (QED) is 0.133. The molecule has 3 heterocycles. The van der Waals surface area contributed by atoms with Crippen LogP contribution in [0.5, 0.6) is 0 Å². The van der Waals surface area contributed by atoms with Crippen LogP contribution in [0.2, 0.25) is 0 Å². The van der Waals surface area contributed by atoms with Crippen LogP contribution in [-0.4, -0.2) is 11.3 Å². The SMILES string of the molecule is CC(C)(C)c1cc2c(cc1-c1ccccc1)B1c3cc(-c4ccccc4)c(C(C)(C)C)cc3N(c3cccc(C4CCCCC4)c3)c3cc(-n4c5ccc(-c6ccccc6)cc5c5cc(-c6ccccc6)ccc54)cc(c31)N2c1cccc(C2CCCCC2)c1. The summed E-state index contributed by atoms with van der Waals surface area (Å²) in [4.78, 5) is 5.45. The fraction of sp³-hybridized carbons (Fsp3) is 0.233. The van der Waals surface area contributed by atoms with Crippen molar-refractivity contribution in [3.8, 4) is 50.2 Å². The fourth-order valence-corrected chi connectivity index (χ4v) is 16.3. The molecule has 0 saturated heterocycles. The third-order valence-corrected chi connectivity index (χ3v) is 20.8. The first-order valence-corrected chi connectivity index (χ1v) is 33.6. The Bertz CT molecular complexity index is 4390. The van der Waals surface area contributed by atoms with E-state index in [1.54, 1.807) is 0 Å². The summed E-state index contributed by atoms with van der Waals surface area (Å²) in [7, 11) is 0.